The van der Waals surface area contributed by atoms with Crippen molar-refractivity contribution in [1.29, 1.82) is 0 Å². The maximum absolute atomic E-state index is 12.9. The molecule has 1 amide bonds. The lowest BCUT2D eigenvalue weighted by Crippen LogP contribution is -2.29. The topological polar surface area (TPSA) is 84.9 Å². The highest BCUT2D eigenvalue weighted by Crippen LogP contribution is 2.30. The molecule has 0 aromatic heterocycles. The fourth-order valence-corrected chi connectivity index (χ4v) is 4.48. The molecule has 1 N–H and O–H groups in total. The Hall–Kier alpha value is -3.52. The fourth-order valence-electron chi connectivity index (χ4n) is 3.27. The van der Waals surface area contributed by atoms with Gasteiger partial charge in [-0.05, 0) is 55.5 Å². The van der Waals surface area contributed by atoms with Crippen LogP contribution in [0, 0.1) is 0 Å². The Balaban J connectivity index is 1.83. The van der Waals surface area contributed by atoms with Crippen molar-refractivity contribution in [2.24, 2.45) is 0 Å². The molecule has 32 heavy (non-hydrogen) atoms. The molecular weight excluding hydrogens is 428 g/mol. The number of hydrogen-bond acceptors (Lipinski definition) is 5. The van der Waals surface area contributed by atoms with Crippen LogP contribution in [0.2, 0.25) is 0 Å². The Morgan fingerprint density at radius 1 is 0.938 bits per heavy atom. The Kier molecular flexibility index (Phi) is 7.05. The number of benzene rings is 3. The van der Waals surface area contributed by atoms with Crippen LogP contribution < -0.4 is 19.1 Å². The van der Waals surface area contributed by atoms with E-state index in [1.54, 1.807) is 74.9 Å². The minimum Gasteiger partial charge on any atom is -0.497 e. The molecule has 3 rings (SSSR count). The fraction of sp³-hybridized carbons (Fsp3) is 0.208. The molecule has 0 heterocycles. The molecule has 0 radical (unpaired) electrons. The van der Waals surface area contributed by atoms with E-state index in [1.807, 2.05) is 6.92 Å². The van der Waals surface area contributed by atoms with Crippen molar-refractivity contribution in [1.82, 2.24) is 5.32 Å². The van der Waals surface area contributed by atoms with Gasteiger partial charge < -0.3 is 14.8 Å². The van der Waals surface area contributed by atoms with E-state index >= 15 is 0 Å². The first-order valence-electron chi connectivity index (χ1n) is 9.94. The van der Waals surface area contributed by atoms with E-state index in [4.69, 9.17) is 9.47 Å². The van der Waals surface area contributed by atoms with Crippen LogP contribution in [-0.4, -0.2) is 35.6 Å². The lowest BCUT2D eigenvalue weighted by atomic mass is 10.1. The molecule has 3 aromatic carbocycles. The summed E-state index contributed by atoms with van der Waals surface area (Å²) in [6.45, 7) is 1.84. The number of carbonyl (C=O) groups excluding carboxylic acids is 1. The van der Waals surface area contributed by atoms with Crippen molar-refractivity contribution < 1.29 is 22.7 Å². The van der Waals surface area contributed by atoms with Gasteiger partial charge in [0.25, 0.3) is 15.9 Å². The van der Waals surface area contributed by atoms with E-state index in [2.05, 4.69) is 5.32 Å². The lowest BCUT2D eigenvalue weighted by molar-refractivity contribution is 0.0939. The molecule has 0 saturated heterocycles. The summed E-state index contributed by atoms with van der Waals surface area (Å²) in [6, 6.07) is 19.6. The van der Waals surface area contributed by atoms with Gasteiger partial charge in [-0.3, -0.25) is 9.10 Å². The van der Waals surface area contributed by atoms with Crippen LogP contribution >= 0.6 is 0 Å². The van der Waals surface area contributed by atoms with Crippen LogP contribution in [0.1, 0.15) is 28.9 Å². The summed E-state index contributed by atoms with van der Waals surface area (Å²) in [5, 5.41) is 2.93. The van der Waals surface area contributed by atoms with Gasteiger partial charge in [0.05, 0.1) is 30.8 Å². The minimum absolute atomic E-state index is 0.177. The van der Waals surface area contributed by atoms with Crippen molar-refractivity contribution >= 4 is 21.6 Å². The van der Waals surface area contributed by atoms with Gasteiger partial charge in [-0.25, -0.2) is 8.42 Å². The van der Waals surface area contributed by atoms with Crippen LogP contribution in [0.5, 0.6) is 11.5 Å². The molecule has 8 heteroatoms. The van der Waals surface area contributed by atoms with Gasteiger partial charge in [0.15, 0.2) is 0 Å². The average Bonchev–Trinajstić information content (AvgIpc) is 2.83. The zero-order valence-electron chi connectivity index (χ0n) is 18.4. The first-order valence-corrected chi connectivity index (χ1v) is 11.4. The number of anilines is 1. The summed E-state index contributed by atoms with van der Waals surface area (Å²) in [4.78, 5) is 13.1. The minimum atomic E-state index is -3.75. The van der Waals surface area contributed by atoms with Gasteiger partial charge in [-0.1, -0.05) is 24.3 Å². The van der Waals surface area contributed by atoms with E-state index in [0.717, 1.165) is 9.87 Å². The third kappa shape index (κ3) is 4.86. The van der Waals surface area contributed by atoms with Crippen LogP contribution in [0.15, 0.2) is 77.7 Å². The highest BCUT2D eigenvalue weighted by Gasteiger charge is 2.22. The molecule has 0 spiro atoms. The Labute approximate surface area is 188 Å². The molecule has 168 valence electrons. The summed E-state index contributed by atoms with van der Waals surface area (Å²) >= 11 is 0. The molecule has 0 aliphatic heterocycles. The zero-order valence-corrected chi connectivity index (χ0v) is 19.2. The maximum Gasteiger partial charge on any atom is 0.264 e. The molecule has 1 atom stereocenters. The number of carbonyl (C=O) groups is 1. The standard InChI is InChI=1S/C24H26N2O5S/c1-17(22-16-20(30-3)13-14-23(22)31-4)25-24(27)18-9-8-10-19(15-18)26(2)32(28,29)21-11-6-5-7-12-21/h5-17H,1-4H3,(H,25,27). The second-order valence-corrected chi connectivity index (χ2v) is 9.11. The summed E-state index contributed by atoms with van der Waals surface area (Å²) in [7, 11) is 0.847. The monoisotopic (exact) mass is 454 g/mol. The van der Waals surface area contributed by atoms with E-state index < -0.39 is 10.0 Å². The van der Waals surface area contributed by atoms with E-state index in [0.29, 0.717) is 22.7 Å². The number of nitrogens with zero attached hydrogens (tertiary/aromatic N) is 1. The average molecular weight is 455 g/mol. The van der Waals surface area contributed by atoms with Crippen molar-refractivity contribution in [3.05, 3.63) is 83.9 Å². The van der Waals surface area contributed by atoms with E-state index in [9.17, 15) is 13.2 Å². The zero-order chi connectivity index (χ0) is 23.3. The molecule has 0 aliphatic carbocycles. The number of sulfonamides is 1. The van der Waals surface area contributed by atoms with Gasteiger partial charge in [0, 0.05) is 18.2 Å². The highest BCUT2D eigenvalue weighted by molar-refractivity contribution is 7.92. The second kappa shape index (κ2) is 9.74. The van der Waals surface area contributed by atoms with Crippen LogP contribution in [-0.2, 0) is 10.0 Å². The molecule has 3 aromatic rings. The number of ether oxygens (including phenoxy) is 2. The number of rotatable bonds is 8. The molecule has 1 unspecified atom stereocenters. The van der Waals surface area contributed by atoms with Crippen molar-refractivity contribution in [3.63, 3.8) is 0 Å². The summed E-state index contributed by atoms with van der Waals surface area (Å²) < 4.78 is 37.7. The summed E-state index contributed by atoms with van der Waals surface area (Å²) in [6.07, 6.45) is 0. The van der Waals surface area contributed by atoms with Crippen molar-refractivity contribution in [3.8, 4) is 11.5 Å². The van der Waals surface area contributed by atoms with Gasteiger partial charge >= 0.3 is 0 Å². The lowest BCUT2D eigenvalue weighted by Gasteiger charge is -2.21. The highest BCUT2D eigenvalue weighted by atomic mass is 32.2. The third-order valence-corrected chi connectivity index (χ3v) is 6.92. The molecule has 0 saturated carbocycles. The molecule has 0 bridgehead atoms. The Morgan fingerprint density at radius 3 is 2.31 bits per heavy atom. The number of hydrogen-bond donors (Lipinski definition) is 1. The maximum atomic E-state index is 12.9. The first-order chi connectivity index (χ1) is 15.3. The van der Waals surface area contributed by atoms with Gasteiger partial charge in [0.2, 0.25) is 0 Å². The van der Waals surface area contributed by atoms with E-state index in [1.165, 1.54) is 19.2 Å². The Bertz CT molecular complexity index is 1200. The molecule has 0 aliphatic rings. The SMILES string of the molecule is COc1ccc(OC)c(C(C)NC(=O)c2cccc(N(C)S(=O)(=O)c3ccccc3)c2)c1. The molecule has 7 nitrogen and oxygen atoms in total. The third-order valence-electron chi connectivity index (χ3n) is 5.12. The van der Waals surface area contributed by atoms with Crippen LogP contribution in [0.4, 0.5) is 5.69 Å². The summed E-state index contributed by atoms with van der Waals surface area (Å²) in [5.41, 5.74) is 1.49. The molecular formula is C24H26N2O5S. The number of methoxy groups -OCH3 is 2. The Morgan fingerprint density at radius 2 is 1.66 bits per heavy atom. The normalized spacial score (nSPS) is 12.0. The summed E-state index contributed by atoms with van der Waals surface area (Å²) in [5.74, 6) is 0.937. The van der Waals surface area contributed by atoms with Crippen molar-refractivity contribution in [2.75, 3.05) is 25.6 Å². The second-order valence-electron chi connectivity index (χ2n) is 7.14. The predicted molar refractivity (Wildman–Crippen MR) is 124 cm³/mol. The molecule has 0 fully saturated rings. The van der Waals surface area contributed by atoms with Gasteiger partial charge in [0.1, 0.15) is 11.5 Å². The van der Waals surface area contributed by atoms with Gasteiger partial charge in [-0.2, -0.15) is 0 Å². The predicted octanol–water partition coefficient (Wildman–Crippen LogP) is 4.02. The first kappa shape index (κ1) is 23.1. The smallest absolute Gasteiger partial charge is 0.264 e. The number of amides is 1. The number of nitrogens with one attached hydrogen (secondary N) is 1. The van der Waals surface area contributed by atoms with Crippen molar-refractivity contribution in [2.45, 2.75) is 17.9 Å². The van der Waals surface area contributed by atoms with Crippen LogP contribution in [0.3, 0.4) is 0 Å². The van der Waals surface area contributed by atoms with Gasteiger partial charge in [-0.15, -0.1) is 0 Å². The van der Waals surface area contributed by atoms with E-state index in [-0.39, 0.29) is 16.8 Å². The quantitative estimate of drug-likeness (QED) is 0.556. The largest absolute Gasteiger partial charge is 0.497 e. The van der Waals surface area contributed by atoms with Crippen LogP contribution in [0.25, 0.3) is 0 Å².